The summed E-state index contributed by atoms with van der Waals surface area (Å²) >= 11 is 0. The maximum Gasteiger partial charge on any atom is 0.323 e. The molecule has 24 heavy (non-hydrogen) atoms. The predicted octanol–water partition coefficient (Wildman–Crippen LogP) is 2.49. The van der Waals surface area contributed by atoms with E-state index in [1.807, 2.05) is 37.3 Å². The number of nitrogens with zero attached hydrogens (tertiary/aromatic N) is 1. The second kappa shape index (κ2) is 6.41. The third-order valence-electron chi connectivity index (χ3n) is 4.02. The number of carbonyl (C=O) groups excluding carboxylic acids is 2. The Morgan fingerprint density at radius 1 is 1.25 bits per heavy atom. The Hall–Kier alpha value is -2.73. The van der Waals surface area contributed by atoms with E-state index < -0.39 is 17.9 Å². The number of aromatic nitrogens is 1. The molecule has 0 aliphatic carbocycles. The van der Waals surface area contributed by atoms with Crippen LogP contribution in [0.15, 0.2) is 42.2 Å². The fourth-order valence-corrected chi connectivity index (χ4v) is 2.87. The summed E-state index contributed by atoms with van der Waals surface area (Å²) in [5.41, 5.74) is 7.98. The molecule has 2 atom stereocenters. The molecule has 1 aromatic carbocycles. The Morgan fingerprint density at radius 2 is 2.00 bits per heavy atom. The number of hydrazine groups is 1. The predicted molar refractivity (Wildman–Crippen MR) is 91.0 cm³/mol. The number of pyridine rings is 1. The van der Waals surface area contributed by atoms with Gasteiger partial charge >= 0.3 is 5.97 Å². The van der Waals surface area contributed by atoms with Crippen LogP contribution in [0.25, 0.3) is 10.9 Å². The van der Waals surface area contributed by atoms with Crippen molar-refractivity contribution < 1.29 is 14.3 Å². The number of fused-ring (bicyclic) bond motifs is 1. The van der Waals surface area contributed by atoms with Gasteiger partial charge in [0.25, 0.3) is 0 Å². The normalized spacial score (nSPS) is 20.5. The molecule has 6 heteroatoms. The average Bonchev–Trinajstić information content (AvgIpc) is 2.52. The number of rotatable bonds is 4. The van der Waals surface area contributed by atoms with Gasteiger partial charge in [0, 0.05) is 5.39 Å². The van der Waals surface area contributed by atoms with Crippen molar-refractivity contribution >= 4 is 28.5 Å². The van der Waals surface area contributed by atoms with Crippen LogP contribution in [0, 0.1) is 12.8 Å². The van der Waals surface area contributed by atoms with Crippen molar-refractivity contribution in [2.24, 2.45) is 5.92 Å². The highest BCUT2D eigenvalue weighted by Gasteiger charge is 2.36. The lowest BCUT2D eigenvalue weighted by atomic mass is 9.94. The van der Waals surface area contributed by atoms with Gasteiger partial charge in [-0.1, -0.05) is 18.2 Å². The summed E-state index contributed by atoms with van der Waals surface area (Å²) in [4.78, 5) is 28.2. The molecule has 0 saturated heterocycles. The zero-order valence-corrected chi connectivity index (χ0v) is 13.8. The summed E-state index contributed by atoms with van der Waals surface area (Å²) in [6, 6.07) is 9.28. The first-order chi connectivity index (χ1) is 11.5. The zero-order valence-electron chi connectivity index (χ0n) is 13.8. The topological polar surface area (TPSA) is 80.3 Å². The molecule has 1 aliphatic rings. The number of ketones is 1. The van der Waals surface area contributed by atoms with Crippen LogP contribution >= 0.6 is 0 Å². The number of para-hydroxylation sites is 1. The second-order valence-electron chi connectivity index (χ2n) is 5.92. The van der Waals surface area contributed by atoms with Gasteiger partial charge in [0.1, 0.15) is 23.3 Å². The van der Waals surface area contributed by atoms with Gasteiger partial charge in [-0.15, -0.1) is 0 Å². The summed E-state index contributed by atoms with van der Waals surface area (Å²) in [7, 11) is 0. The Labute approximate surface area is 139 Å². The molecule has 2 aromatic rings. The number of esters is 1. The van der Waals surface area contributed by atoms with Gasteiger partial charge in [-0.25, -0.2) is 10.4 Å². The number of hydrogen-bond donors (Lipinski definition) is 2. The monoisotopic (exact) mass is 325 g/mol. The van der Waals surface area contributed by atoms with Crippen molar-refractivity contribution in [3.63, 3.8) is 0 Å². The molecule has 2 unspecified atom stereocenters. The SMILES string of the molecule is CC(=O)C1C(=O)OC(C)=CC1NNc1cc(C)c2ccccc2n1. The molecule has 2 heterocycles. The minimum Gasteiger partial charge on any atom is -0.431 e. The Morgan fingerprint density at radius 3 is 2.75 bits per heavy atom. The summed E-state index contributed by atoms with van der Waals surface area (Å²) in [5, 5.41) is 1.08. The standard InChI is InChI=1S/C18H19N3O3/c1-10-8-16(19-14-7-5-4-6-13(10)14)21-20-15-9-11(2)24-18(23)17(15)12(3)22/h4-9,15,17,20H,1-3H3,(H,19,21). The van der Waals surface area contributed by atoms with Crippen LogP contribution in [0.2, 0.25) is 0 Å². The van der Waals surface area contributed by atoms with E-state index in [9.17, 15) is 9.59 Å². The molecule has 2 N–H and O–H groups in total. The van der Waals surface area contributed by atoms with E-state index in [1.165, 1.54) is 6.92 Å². The highest BCUT2D eigenvalue weighted by molar-refractivity contribution is 5.99. The minimum atomic E-state index is -0.872. The van der Waals surface area contributed by atoms with Crippen LogP contribution in [0.3, 0.4) is 0 Å². The number of aryl methyl sites for hydroxylation is 1. The summed E-state index contributed by atoms with van der Waals surface area (Å²) in [6.07, 6.45) is 1.72. The quantitative estimate of drug-likeness (QED) is 0.511. The fourth-order valence-electron chi connectivity index (χ4n) is 2.87. The zero-order chi connectivity index (χ0) is 17.3. The molecule has 3 rings (SSSR count). The van der Waals surface area contributed by atoms with Gasteiger partial charge in [-0.2, -0.15) is 0 Å². The number of Topliss-reactive ketones (excluding diaryl/α,β-unsaturated/α-hetero) is 1. The highest BCUT2D eigenvalue weighted by Crippen LogP contribution is 2.21. The lowest BCUT2D eigenvalue weighted by Gasteiger charge is -2.27. The largest absolute Gasteiger partial charge is 0.431 e. The number of anilines is 1. The number of benzene rings is 1. The van der Waals surface area contributed by atoms with Crippen molar-refractivity contribution in [2.45, 2.75) is 26.8 Å². The lowest BCUT2D eigenvalue weighted by Crippen LogP contribution is -2.47. The highest BCUT2D eigenvalue weighted by atomic mass is 16.5. The molecule has 0 bridgehead atoms. The number of allylic oxidation sites excluding steroid dienone is 1. The van der Waals surface area contributed by atoms with Crippen molar-refractivity contribution in [3.8, 4) is 0 Å². The smallest absolute Gasteiger partial charge is 0.323 e. The van der Waals surface area contributed by atoms with Crippen molar-refractivity contribution in [2.75, 3.05) is 5.43 Å². The van der Waals surface area contributed by atoms with E-state index in [-0.39, 0.29) is 5.78 Å². The molecule has 124 valence electrons. The molecule has 0 radical (unpaired) electrons. The van der Waals surface area contributed by atoms with Crippen LogP contribution in [0.5, 0.6) is 0 Å². The fraction of sp³-hybridized carbons (Fsp3) is 0.278. The maximum atomic E-state index is 11.9. The Balaban J connectivity index is 1.83. The first-order valence-electron chi connectivity index (χ1n) is 7.74. The molecule has 1 aliphatic heterocycles. The Bertz CT molecular complexity index is 845. The van der Waals surface area contributed by atoms with Gasteiger partial charge in [-0.3, -0.25) is 9.59 Å². The number of nitrogens with one attached hydrogen (secondary N) is 2. The number of hydrogen-bond acceptors (Lipinski definition) is 6. The van der Waals surface area contributed by atoms with E-state index in [0.717, 1.165) is 16.5 Å². The molecule has 0 amide bonds. The van der Waals surface area contributed by atoms with Crippen molar-refractivity contribution in [1.29, 1.82) is 0 Å². The minimum absolute atomic E-state index is 0.245. The average molecular weight is 325 g/mol. The summed E-state index contributed by atoms with van der Waals surface area (Å²) < 4.78 is 5.04. The molecule has 1 aromatic heterocycles. The third kappa shape index (κ3) is 3.14. The van der Waals surface area contributed by atoms with Gasteiger partial charge in [0.05, 0.1) is 11.6 Å². The molecular formula is C18H19N3O3. The molecular weight excluding hydrogens is 306 g/mol. The summed E-state index contributed by atoms with van der Waals surface area (Å²) in [5.74, 6) is -0.559. The number of carbonyl (C=O) groups is 2. The molecule has 6 nitrogen and oxygen atoms in total. The van der Waals surface area contributed by atoms with E-state index >= 15 is 0 Å². The first kappa shape index (κ1) is 16.1. The van der Waals surface area contributed by atoms with E-state index in [4.69, 9.17) is 4.74 Å². The van der Waals surface area contributed by atoms with Crippen LogP contribution in [0.1, 0.15) is 19.4 Å². The summed E-state index contributed by atoms with van der Waals surface area (Å²) in [6.45, 7) is 5.07. The van der Waals surface area contributed by atoms with Crippen LogP contribution in [-0.2, 0) is 14.3 Å². The molecule has 0 saturated carbocycles. The van der Waals surface area contributed by atoms with Gasteiger partial charge < -0.3 is 10.2 Å². The van der Waals surface area contributed by atoms with Gasteiger partial charge in [0.15, 0.2) is 0 Å². The van der Waals surface area contributed by atoms with Crippen molar-refractivity contribution in [1.82, 2.24) is 10.4 Å². The second-order valence-corrected chi connectivity index (χ2v) is 5.92. The van der Waals surface area contributed by atoms with Crippen LogP contribution in [-0.4, -0.2) is 22.8 Å². The van der Waals surface area contributed by atoms with Gasteiger partial charge in [-0.05, 0) is 44.5 Å². The van der Waals surface area contributed by atoms with Crippen molar-refractivity contribution in [3.05, 3.63) is 47.7 Å². The molecule has 0 spiro atoms. The lowest BCUT2D eigenvalue weighted by molar-refractivity contribution is -0.149. The number of cyclic esters (lactones) is 1. The Kier molecular flexibility index (Phi) is 4.31. The van der Waals surface area contributed by atoms with E-state index in [2.05, 4.69) is 15.8 Å². The number of ether oxygens (including phenoxy) is 1. The maximum absolute atomic E-state index is 11.9. The van der Waals surface area contributed by atoms with E-state index in [1.54, 1.807) is 13.0 Å². The van der Waals surface area contributed by atoms with Crippen LogP contribution in [0.4, 0.5) is 5.82 Å². The first-order valence-corrected chi connectivity index (χ1v) is 7.74. The van der Waals surface area contributed by atoms with Crippen LogP contribution < -0.4 is 10.9 Å². The molecule has 0 fully saturated rings. The third-order valence-corrected chi connectivity index (χ3v) is 4.02. The van der Waals surface area contributed by atoms with Gasteiger partial charge in [0.2, 0.25) is 0 Å². The van der Waals surface area contributed by atoms with E-state index in [0.29, 0.717) is 11.6 Å².